The van der Waals surface area contributed by atoms with E-state index in [9.17, 15) is 4.79 Å². The average molecular weight is 278 g/mol. The van der Waals surface area contributed by atoms with Crippen molar-refractivity contribution in [2.24, 2.45) is 17.1 Å². The Balaban J connectivity index is 1.61. The lowest BCUT2D eigenvalue weighted by Crippen LogP contribution is -2.80. The Kier molecular flexibility index (Phi) is 3.10. The van der Waals surface area contributed by atoms with Crippen molar-refractivity contribution >= 4 is 5.91 Å². The monoisotopic (exact) mass is 278 g/mol. The van der Waals surface area contributed by atoms with E-state index in [0.717, 1.165) is 12.2 Å². The van der Waals surface area contributed by atoms with Gasteiger partial charge in [0.05, 0.1) is 6.10 Å². The lowest BCUT2D eigenvalue weighted by atomic mass is 9.48. The molecule has 1 saturated carbocycles. The molecule has 3 unspecified atom stereocenters. The number of nitrogens with one attached hydrogen (secondary N) is 2. The molecule has 3 atom stereocenters. The summed E-state index contributed by atoms with van der Waals surface area (Å²) in [6, 6.07) is 0. The molecule has 0 bridgehead atoms. The Morgan fingerprint density at radius 3 is 3.15 bits per heavy atom. The maximum absolute atomic E-state index is 12.5. The number of H-pyrrole nitrogens is 1. The molecule has 4 N–H and O–H groups in total. The summed E-state index contributed by atoms with van der Waals surface area (Å²) in [5.41, 5.74) is 5.31. The second-order valence-electron chi connectivity index (χ2n) is 6.32. The quantitative estimate of drug-likeness (QED) is 0.734. The lowest BCUT2D eigenvalue weighted by molar-refractivity contribution is -0.175. The molecule has 6 nitrogen and oxygen atoms in total. The van der Waals surface area contributed by atoms with Crippen molar-refractivity contribution in [1.29, 1.82) is 0 Å². The first-order chi connectivity index (χ1) is 9.48. The van der Waals surface area contributed by atoms with E-state index in [1.807, 2.05) is 13.8 Å². The van der Waals surface area contributed by atoms with Gasteiger partial charge in [0.2, 0.25) is 5.91 Å². The summed E-state index contributed by atoms with van der Waals surface area (Å²) in [5.74, 6) is 0.938. The normalized spacial score (nSPS) is 34.4. The van der Waals surface area contributed by atoms with Crippen LogP contribution in [0.15, 0.2) is 12.4 Å². The molecule has 1 saturated heterocycles. The zero-order valence-corrected chi connectivity index (χ0v) is 12.0. The number of carbonyl (C=O) groups excluding carboxylic acids is 1. The molecule has 3 rings (SSSR count). The molecule has 20 heavy (non-hydrogen) atoms. The van der Waals surface area contributed by atoms with Gasteiger partial charge in [0.15, 0.2) is 0 Å². The summed E-state index contributed by atoms with van der Waals surface area (Å²) in [5, 5.41) is 2.95. The van der Waals surface area contributed by atoms with Crippen molar-refractivity contribution in [1.82, 2.24) is 15.3 Å². The van der Waals surface area contributed by atoms with Crippen molar-refractivity contribution < 1.29 is 9.53 Å². The van der Waals surface area contributed by atoms with E-state index < -0.39 is 5.54 Å². The summed E-state index contributed by atoms with van der Waals surface area (Å²) in [6.45, 7) is 5.29. The Morgan fingerprint density at radius 2 is 2.45 bits per heavy atom. The molecule has 6 heteroatoms. The van der Waals surface area contributed by atoms with Gasteiger partial charge in [-0.05, 0) is 6.42 Å². The Labute approximate surface area is 118 Å². The van der Waals surface area contributed by atoms with Crippen LogP contribution >= 0.6 is 0 Å². The molecule has 0 aromatic carbocycles. The first-order valence-corrected chi connectivity index (χ1v) is 7.15. The van der Waals surface area contributed by atoms with Crippen molar-refractivity contribution in [3.8, 4) is 0 Å². The molecule has 0 spiro atoms. The molecule has 1 amide bonds. The number of nitrogens with zero attached hydrogens (tertiary/aromatic N) is 1. The molecular formula is C14H22N4O2. The molecule has 1 aliphatic carbocycles. The second kappa shape index (κ2) is 4.56. The first-order valence-electron chi connectivity index (χ1n) is 7.15. The summed E-state index contributed by atoms with van der Waals surface area (Å²) in [6.07, 6.45) is 5.15. The second-order valence-corrected chi connectivity index (χ2v) is 6.32. The van der Waals surface area contributed by atoms with Crippen LogP contribution in [-0.2, 0) is 16.0 Å². The van der Waals surface area contributed by atoms with Crippen LogP contribution in [0.4, 0.5) is 0 Å². The average Bonchev–Trinajstić information content (AvgIpc) is 3.07. The minimum Gasteiger partial charge on any atom is -0.377 e. The van der Waals surface area contributed by atoms with Crippen molar-refractivity contribution in [2.45, 2.75) is 38.3 Å². The van der Waals surface area contributed by atoms with Crippen molar-refractivity contribution in [3.05, 3.63) is 18.2 Å². The van der Waals surface area contributed by atoms with Gasteiger partial charge in [-0.3, -0.25) is 4.79 Å². The predicted octanol–water partition coefficient (Wildman–Crippen LogP) is 0.211. The smallest absolute Gasteiger partial charge is 0.241 e. The Hall–Kier alpha value is -1.40. The standard InChI is InChI=1S/C14H22N4O2/c1-13(2)11-9(4-8-20-11)14(13,15)12(19)18-5-3-10-16-6-7-17-10/h6-7,9,11H,3-5,8,15H2,1-2H3,(H,16,17)(H,18,19). The maximum Gasteiger partial charge on any atom is 0.241 e. The maximum atomic E-state index is 12.5. The highest BCUT2D eigenvalue weighted by Gasteiger charge is 2.71. The fourth-order valence-electron chi connectivity index (χ4n) is 3.72. The zero-order valence-electron chi connectivity index (χ0n) is 12.0. The summed E-state index contributed by atoms with van der Waals surface area (Å²) in [4.78, 5) is 19.7. The third kappa shape index (κ3) is 1.71. The van der Waals surface area contributed by atoms with Crippen LogP contribution in [-0.4, -0.2) is 40.7 Å². The van der Waals surface area contributed by atoms with Crippen LogP contribution in [0.1, 0.15) is 26.1 Å². The van der Waals surface area contributed by atoms with Gasteiger partial charge in [-0.2, -0.15) is 0 Å². The number of aromatic nitrogens is 2. The van der Waals surface area contributed by atoms with Gasteiger partial charge in [0.1, 0.15) is 11.4 Å². The number of rotatable bonds is 4. The number of nitrogens with two attached hydrogens (primary N) is 1. The fourth-order valence-corrected chi connectivity index (χ4v) is 3.72. The van der Waals surface area contributed by atoms with Gasteiger partial charge in [0.25, 0.3) is 0 Å². The van der Waals surface area contributed by atoms with Gasteiger partial charge in [-0.1, -0.05) is 13.8 Å². The number of amides is 1. The van der Waals surface area contributed by atoms with Crippen LogP contribution in [0, 0.1) is 11.3 Å². The minimum atomic E-state index is -0.822. The molecule has 2 aliphatic rings. The highest BCUT2D eigenvalue weighted by Crippen LogP contribution is 2.58. The largest absolute Gasteiger partial charge is 0.377 e. The Bertz CT molecular complexity index is 499. The van der Waals surface area contributed by atoms with Crippen molar-refractivity contribution in [3.63, 3.8) is 0 Å². The van der Waals surface area contributed by atoms with Crippen molar-refractivity contribution in [2.75, 3.05) is 13.2 Å². The van der Waals surface area contributed by atoms with Gasteiger partial charge in [-0.25, -0.2) is 4.98 Å². The highest BCUT2D eigenvalue weighted by atomic mass is 16.5. The summed E-state index contributed by atoms with van der Waals surface area (Å²) < 4.78 is 5.70. The number of fused-ring (bicyclic) bond motifs is 1. The summed E-state index contributed by atoms with van der Waals surface area (Å²) in [7, 11) is 0. The first kappa shape index (κ1) is 13.6. The Morgan fingerprint density at radius 1 is 1.65 bits per heavy atom. The van der Waals surface area contributed by atoms with E-state index >= 15 is 0 Å². The molecule has 110 valence electrons. The molecule has 1 aromatic rings. The lowest BCUT2D eigenvalue weighted by Gasteiger charge is -2.60. The number of imidazole rings is 1. The number of hydrogen-bond donors (Lipinski definition) is 3. The van der Waals surface area contributed by atoms with Crippen LogP contribution < -0.4 is 11.1 Å². The highest BCUT2D eigenvalue weighted by molar-refractivity contribution is 5.89. The number of ether oxygens (including phenoxy) is 1. The predicted molar refractivity (Wildman–Crippen MR) is 73.8 cm³/mol. The minimum absolute atomic E-state index is 0.0687. The number of carbonyl (C=O) groups is 1. The van der Waals surface area contributed by atoms with Gasteiger partial charge < -0.3 is 20.8 Å². The zero-order chi connectivity index (χ0) is 14.4. The number of hydrogen-bond acceptors (Lipinski definition) is 4. The van der Waals surface area contributed by atoms with Gasteiger partial charge in [0, 0.05) is 43.3 Å². The van der Waals surface area contributed by atoms with Crippen LogP contribution in [0.25, 0.3) is 0 Å². The van der Waals surface area contributed by atoms with Gasteiger partial charge in [-0.15, -0.1) is 0 Å². The van der Waals surface area contributed by atoms with E-state index in [1.165, 1.54) is 0 Å². The van der Waals surface area contributed by atoms with E-state index in [2.05, 4.69) is 15.3 Å². The molecule has 0 radical (unpaired) electrons. The third-order valence-corrected chi connectivity index (χ3v) is 5.03. The third-order valence-electron chi connectivity index (χ3n) is 5.03. The number of aromatic amines is 1. The summed E-state index contributed by atoms with van der Waals surface area (Å²) >= 11 is 0. The molecule has 1 aromatic heterocycles. The molecule has 2 heterocycles. The van der Waals surface area contributed by atoms with E-state index in [0.29, 0.717) is 19.6 Å². The van der Waals surface area contributed by atoms with Gasteiger partial charge >= 0.3 is 0 Å². The van der Waals surface area contributed by atoms with Crippen LogP contribution in [0.3, 0.4) is 0 Å². The molecular weight excluding hydrogens is 256 g/mol. The molecule has 2 fully saturated rings. The van der Waals surface area contributed by atoms with E-state index in [-0.39, 0.29) is 23.3 Å². The van der Waals surface area contributed by atoms with E-state index in [1.54, 1.807) is 12.4 Å². The van der Waals surface area contributed by atoms with Crippen LogP contribution in [0.5, 0.6) is 0 Å². The van der Waals surface area contributed by atoms with E-state index in [4.69, 9.17) is 10.5 Å². The topological polar surface area (TPSA) is 93.0 Å². The van der Waals surface area contributed by atoms with Crippen LogP contribution in [0.2, 0.25) is 0 Å². The molecule has 1 aliphatic heterocycles. The SMILES string of the molecule is CC1(C)C2OCCC2C1(N)C(=O)NCCc1ncc[nH]1. The fraction of sp³-hybridized carbons (Fsp3) is 0.714.